The number of unbranched alkanes of at least 4 members (excludes halogenated alkanes) is 3. The molecule has 1 aliphatic carbocycles. The summed E-state index contributed by atoms with van der Waals surface area (Å²) < 4.78 is 0. The molecule has 0 unspecified atom stereocenters. The van der Waals surface area contributed by atoms with Gasteiger partial charge in [-0.2, -0.15) is 10.5 Å². The van der Waals surface area contributed by atoms with Gasteiger partial charge in [-0.25, -0.2) is 0 Å². The Morgan fingerprint density at radius 1 is 0.806 bits per heavy atom. The molecule has 0 saturated carbocycles. The van der Waals surface area contributed by atoms with Crippen molar-refractivity contribution >= 4 is 45.7 Å². The van der Waals surface area contributed by atoms with Crippen molar-refractivity contribution in [2.75, 3.05) is 0 Å². The molecule has 5 heteroatoms. The molecule has 36 heavy (non-hydrogen) atoms. The number of hydrogen-bond donors (Lipinski definition) is 0. The normalized spacial score (nSPS) is 13.5. The molecule has 0 spiro atoms. The lowest BCUT2D eigenvalue weighted by Gasteiger charge is -2.02. The van der Waals surface area contributed by atoms with Crippen LogP contribution in [0.2, 0.25) is 0 Å². The number of allylic oxidation sites excluding steroid dienone is 3. The molecule has 178 valence electrons. The number of nitriles is 2. The fourth-order valence-electron chi connectivity index (χ4n) is 4.61. The molecule has 2 nitrogen and oxygen atoms in total. The fourth-order valence-corrected chi connectivity index (χ4v) is 7.80. The van der Waals surface area contributed by atoms with Gasteiger partial charge >= 0.3 is 0 Å². The minimum absolute atomic E-state index is 0.206. The Morgan fingerprint density at radius 3 is 2.28 bits per heavy atom. The van der Waals surface area contributed by atoms with E-state index in [1.54, 1.807) is 11.3 Å². The summed E-state index contributed by atoms with van der Waals surface area (Å²) in [6, 6.07) is 25.7. The van der Waals surface area contributed by atoms with E-state index in [4.69, 9.17) is 0 Å². The minimum atomic E-state index is 0.206. The van der Waals surface area contributed by atoms with E-state index in [1.165, 1.54) is 62.1 Å². The largest absolute Gasteiger partial charge is 0.192 e. The SMILES string of the molecule is CCCCCCc1ccc(-c2ccc(-c3ccc(/C=C4\C(=C(C#N)C#N)Cc5ccccc54)s3)s2)s1. The smallest absolute Gasteiger partial charge is 0.133 e. The molecule has 1 aromatic carbocycles. The standard InChI is InChI=1S/C31H26N2S3/c1-2-3-4-5-9-23-11-13-28(34-23)30-15-16-31(36-30)29-14-12-24(35-29)18-27-25-10-7-6-8-21(25)17-26(27)22(19-32)20-33/h6-8,10-16,18H,2-5,9,17H2,1H3/b27-18-. The van der Waals surface area contributed by atoms with Crippen LogP contribution in [0.25, 0.3) is 31.2 Å². The summed E-state index contributed by atoms with van der Waals surface area (Å²) in [5, 5.41) is 19.0. The Bertz CT molecular complexity index is 1510. The number of nitrogens with zero attached hydrogens (tertiary/aromatic N) is 2. The maximum Gasteiger partial charge on any atom is 0.133 e. The van der Waals surface area contributed by atoms with Crippen LogP contribution in [0.5, 0.6) is 0 Å². The van der Waals surface area contributed by atoms with Gasteiger partial charge in [0.1, 0.15) is 17.7 Å². The van der Waals surface area contributed by atoms with Gasteiger partial charge in [-0.3, -0.25) is 0 Å². The third-order valence-electron chi connectivity index (χ3n) is 6.47. The Labute approximate surface area is 225 Å². The highest BCUT2D eigenvalue weighted by Gasteiger charge is 2.24. The van der Waals surface area contributed by atoms with E-state index in [0.717, 1.165) is 21.6 Å². The highest BCUT2D eigenvalue weighted by molar-refractivity contribution is 7.26. The van der Waals surface area contributed by atoms with Gasteiger partial charge in [-0.1, -0.05) is 50.5 Å². The van der Waals surface area contributed by atoms with E-state index in [-0.39, 0.29) is 5.57 Å². The first-order chi connectivity index (χ1) is 17.7. The quantitative estimate of drug-likeness (QED) is 0.171. The van der Waals surface area contributed by atoms with Crippen LogP contribution in [0.1, 0.15) is 53.5 Å². The maximum absolute atomic E-state index is 9.51. The zero-order valence-corrected chi connectivity index (χ0v) is 22.7. The van der Waals surface area contributed by atoms with Gasteiger partial charge in [-0.05, 0) is 77.6 Å². The number of aryl methyl sites for hydroxylation is 1. The van der Waals surface area contributed by atoms with Crippen LogP contribution in [-0.4, -0.2) is 0 Å². The molecular weight excluding hydrogens is 497 g/mol. The van der Waals surface area contributed by atoms with E-state index in [2.05, 4.69) is 73.7 Å². The molecule has 0 bridgehead atoms. The number of thiophene rings is 3. The second-order valence-corrected chi connectivity index (χ2v) is 12.3. The van der Waals surface area contributed by atoms with Crippen molar-refractivity contribution in [2.45, 2.75) is 45.4 Å². The summed E-state index contributed by atoms with van der Waals surface area (Å²) in [5.41, 5.74) is 4.32. The van der Waals surface area contributed by atoms with Crippen LogP contribution in [0.4, 0.5) is 0 Å². The van der Waals surface area contributed by atoms with Crippen molar-refractivity contribution in [1.29, 1.82) is 10.5 Å². The van der Waals surface area contributed by atoms with Crippen LogP contribution in [0.15, 0.2) is 71.8 Å². The number of hydrogen-bond acceptors (Lipinski definition) is 5. The molecule has 1 aliphatic rings. The van der Waals surface area contributed by atoms with Gasteiger partial charge in [0.15, 0.2) is 0 Å². The Hall–Kier alpha value is -3.22. The van der Waals surface area contributed by atoms with Crippen LogP contribution in [0.3, 0.4) is 0 Å². The predicted octanol–water partition coefficient (Wildman–Crippen LogP) is 9.77. The average Bonchev–Trinajstić information content (AvgIpc) is 3.69. The highest BCUT2D eigenvalue weighted by Crippen LogP contribution is 2.43. The van der Waals surface area contributed by atoms with Crippen molar-refractivity contribution in [3.8, 4) is 31.6 Å². The van der Waals surface area contributed by atoms with Gasteiger partial charge in [0, 0.05) is 35.7 Å². The summed E-state index contributed by atoms with van der Waals surface area (Å²) in [7, 11) is 0. The molecule has 0 aliphatic heterocycles. The number of rotatable bonds is 8. The van der Waals surface area contributed by atoms with E-state index < -0.39 is 0 Å². The lowest BCUT2D eigenvalue weighted by atomic mass is 10.0. The molecule has 0 N–H and O–H groups in total. The van der Waals surface area contributed by atoms with Gasteiger partial charge in [0.05, 0.1) is 0 Å². The van der Waals surface area contributed by atoms with Crippen molar-refractivity contribution in [2.24, 2.45) is 0 Å². The van der Waals surface area contributed by atoms with E-state index in [1.807, 2.05) is 34.8 Å². The van der Waals surface area contributed by atoms with Crippen LogP contribution in [0, 0.1) is 22.7 Å². The zero-order valence-electron chi connectivity index (χ0n) is 20.2. The first-order valence-corrected chi connectivity index (χ1v) is 14.8. The molecule has 3 heterocycles. The molecule has 4 aromatic rings. The van der Waals surface area contributed by atoms with Crippen molar-refractivity contribution in [3.05, 3.63) is 92.7 Å². The third kappa shape index (κ3) is 5.15. The van der Waals surface area contributed by atoms with Crippen LogP contribution >= 0.6 is 34.0 Å². The number of fused-ring (bicyclic) bond motifs is 1. The maximum atomic E-state index is 9.51. The molecule has 0 fully saturated rings. The van der Waals surface area contributed by atoms with E-state index >= 15 is 0 Å². The first-order valence-electron chi connectivity index (χ1n) is 12.3. The molecule has 3 aromatic heterocycles. The van der Waals surface area contributed by atoms with E-state index in [9.17, 15) is 10.5 Å². The second kappa shape index (κ2) is 11.2. The summed E-state index contributed by atoms with van der Waals surface area (Å²) in [5.74, 6) is 0. The lowest BCUT2D eigenvalue weighted by molar-refractivity contribution is 0.670. The predicted molar refractivity (Wildman–Crippen MR) is 155 cm³/mol. The van der Waals surface area contributed by atoms with E-state index in [0.29, 0.717) is 6.42 Å². The van der Waals surface area contributed by atoms with Crippen molar-refractivity contribution < 1.29 is 0 Å². The Balaban J connectivity index is 1.38. The summed E-state index contributed by atoms with van der Waals surface area (Å²) >= 11 is 5.53. The van der Waals surface area contributed by atoms with Crippen molar-refractivity contribution in [3.63, 3.8) is 0 Å². The van der Waals surface area contributed by atoms with Crippen LogP contribution < -0.4 is 0 Å². The molecule has 0 atom stereocenters. The summed E-state index contributed by atoms with van der Waals surface area (Å²) in [6.07, 6.45) is 9.16. The summed E-state index contributed by atoms with van der Waals surface area (Å²) in [4.78, 5) is 7.81. The van der Waals surface area contributed by atoms with Gasteiger partial charge in [0.25, 0.3) is 0 Å². The number of benzene rings is 1. The van der Waals surface area contributed by atoms with Gasteiger partial charge < -0.3 is 0 Å². The molecular formula is C31H26N2S3. The highest BCUT2D eigenvalue weighted by atomic mass is 32.1. The summed E-state index contributed by atoms with van der Waals surface area (Å²) in [6.45, 7) is 2.26. The zero-order chi connectivity index (χ0) is 24.9. The minimum Gasteiger partial charge on any atom is -0.192 e. The van der Waals surface area contributed by atoms with Crippen molar-refractivity contribution in [1.82, 2.24) is 0 Å². The lowest BCUT2D eigenvalue weighted by Crippen LogP contribution is -1.87. The van der Waals surface area contributed by atoms with Gasteiger partial charge in [-0.15, -0.1) is 34.0 Å². The molecule has 0 radical (unpaired) electrons. The average molecular weight is 523 g/mol. The van der Waals surface area contributed by atoms with Crippen LogP contribution in [-0.2, 0) is 12.8 Å². The third-order valence-corrected chi connectivity index (χ3v) is 10.1. The Morgan fingerprint density at radius 2 is 1.50 bits per heavy atom. The van der Waals surface area contributed by atoms with Gasteiger partial charge in [0.2, 0.25) is 0 Å². The fraction of sp³-hybridized carbons (Fsp3) is 0.226. The molecule has 5 rings (SSSR count). The monoisotopic (exact) mass is 522 g/mol. The molecule has 0 saturated heterocycles. The second-order valence-electron chi connectivity index (χ2n) is 8.91. The topological polar surface area (TPSA) is 47.6 Å². The first kappa shape index (κ1) is 24.5. The molecule has 0 amide bonds. The Kier molecular flexibility index (Phi) is 7.63.